The van der Waals surface area contributed by atoms with Crippen LogP contribution >= 0.6 is 0 Å². The van der Waals surface area contributed by atoms with Gasteiger partial charge in [-0.1, -0.05) is 12.1 Å². The number of rotatable bonds is 1. The lowest BCUT2D eigenvalue weighted by atomic mass is 9.94. The maximum atomic E-state index is 6.10. The minimum atomic E-state index is -0.404. The Morgan fingerprint density at radius 1 is 1.20 bits per heavy atom. The summed E-state index contributed by atoms with van der Waals surface area (Å²) in [5.41, 5.74) is 6.69. The van der Waals surface area contributed by atoms with Gasteiger partial charge < -0.3 is 15.2 Å². The molecule has 0 bridgehead atoms. The van der Waals surface area contributed by atoms with Gasteiger partial charge in [0.25, 0.3) is 0 Å². The topological polar surface area (TPSA) is 44.5 Å². The van der Waals surface area contributed by atoms with E-state index in [0.717, 1.165) is 23.5 Å². The van der Waals surface area contributed by atoms with Gasteiger partial charge in [-0.3, -0.25) is 0 Å². The second-order valence-electron chi connectivity index (χ2n) is 4.40. The average molecular weight is 207 g/mol. The van der Waals surface area contributed by atoms with E-state index in [1.54, 1.807) is 0 Å². The largest absolute Gasteiger partial charge is 0.490 e. The van der Waals surface area contributed by atoms with E-state index in [0.29, 0.717) is 13.2 Å². The van der Waals surface area contributed by atoms with E-state index < -0.39 is 5.54 Å². The van der Waals surface area contributed by atoms with Gasteiger partial charge in [0, 0.05) is 17.5 Å². The SMILES string of the molecule is CC(C)(N)c1cccc2c1OCCCO2. The molecule has 0 saturated heterocycles. The van der Waals surface area contributed by atoms with Crippen molar-refractivity contribution in [2.45, 2.75) is 25.8 Å². The third kappa shape index (κ3) is 2.07. The summed E-state index contributed by atoms with van der Waals surface area (Å²) in [6.07, 6.45) is 0.916. The van der Waals surface area contributed by atoms with Crippen LogP contribution in [0.4, 0.5) is 0 Å². The van der Waals surface area contributed by atoms with E-state index in [4.69, 9.17) is 15.2 Å². The number of ether oxygens (including phenoxy) is 2. The molecule has 0 amide bonds. The second-order valence-corrected chi connectivity index (χ2v) is 4.40. The van der Waals surface area contributed by atoms with Crippen molar-refractivity contribution in [1.29, 1.82) is 0 Å². The normalized spacial score (nSPS) is 15.9. The van der Waals surface area contributed by atoms with Gasteiger partial charge in [0.05, 0.1) is 13.2 Å². The first kappa shape index (κ1) is 10.3. The van der Waals surface area contributed by atoms with Crippen molar-refractivity contribution in [3.05, 3.63) is 23.8 Å². The molecule has 1 aromatic carbocycles. The zero-order valence-electron chi connectivity index (χ0n) is 9.25. The smallest absolute Gasteiger partial charge is 0.166 e. The van der Waals surface area contributed by atoms with Gasteiger partial charge >= 0.3 is 0 Å². The molecule has 0 spiro atoms. The molecule has 0 aromatic heterocycles. The van der Waals surface area contributed by atoms with E-state index >= 15 is 0 Å². The van der Waals surface area contributed by atoms with Crippen LogP contribution < -0.4 is 15.2 Å². The molecule has 1 aromatic rings. The van der Waals surface area contributed by atoms with Crippen molar-refractivity contribution in [2.75, 3.05) is 13.2 Å². The minimum Gasteiger partial charge on any atom is -0.490 e. The molecule has 15 heavy (non-hydrogen) atoms. The summed E-state index contributed by atoms with van der Waals surface area (Å²) in [5, 5.41) is 0. The van der Waals surface area contributed by atoms with Gasteiger partial charge in [-0.15, -0.1) is 0 Å². The number of hydrogen-bond donors (Lipinski definition) is 1. The molecule has 1 aliphatic heterocycles. The summed E-state index contributed by atoms with van der Waals surface area (Å²) in [4.78, 5) is 0. The maximum Gasteiger partial charge on any atom is 0.166 e. The molecule has 0 atom stereocenters. The quantitative estimate of drug-likeness (QED) is 0.766. The number of fused-ring (bicyclic) bond motifs is 1. The molecule has 2 N–H and O–H groups in total. The molecule has 1 aliphatic rings. The summed E-state index contributed by atoms with van der Waals surface area (Å²) in [5.74, 6) is 1.62. The molecule has 2 rings (SSSR count). The molecular weight excluding hydrogens is 190 g/mol. The van der Waals surface area contributed by atoms with Gasteiger partial charge in [-0.05, 0) is 19.9 Å². The summed E-state index contributed by atoms with van der Waals surface area (Å²) >= 11 is 0. The Hall–Kier alpha value is -1.22. The molecule has 3 nitrogen and oxygen atoms in total. The fourth-order valence-corrected chi connectivity index (χ4v) is 1.70. The van der Waals surface area contributed by atoms with Crippen molar-refractivity contribution >= 4 is 0 Å². The van der Waals surface area contributed by atoms with Crippen LogP contribution in [0.3, 0.4) is 0 Å². The van der Waals surface area contributed by atoms with Crippen molar-refractivity contribution < 1.29 is 9.47 Å². The summed E-state index contributed by atoms with van der Waals surface area (Å²) in [6.45, 7) is 5.34. The van der Waals surface area contributed by atoms with Crippen LogP contribution in [-0.2, 0) is 5.54 Å². The van der Waals surface area contributed by atoms with Crippen LogP contribution in [0.1, 0.15) is 25.8 Å². The van der Waals surface area contributed by atoms with Gasteiger partial charge in [0.1, 0.15) is 0 Å². The zero-order valence-corrected chi connectivity index (χ0v) is 9.25. The molecule has 3 heteroatoms. The highest BCUT2D eigenvalue weighted by molar-refractivity contribution is 5.49. The van der Waals surface area contributed by atoms with Crippen LogP contribution in [-0.4, -0.2) is 13.2 Å². The Balaban J connectivity index is 2.48. The standard InChI is InChI=1S/C12H17NO2/c1-12(2,13)9-5-3-6-10-11(9)15-8-4-7-14-10/h3,5-6H,4,7-8,13H2,1-2H3. The lowest BCUT2D eigenvalue weighted by Crippen LogP contribution is -2.29. The molecule has 0 aliphatic carbocycles. The first-order valence-corrected chi connectivity index (χ1v) is 5.27. The highest BCUT2D eigenvalue weighted by Crippen LogP contribution is 2.37. The number of para-hydroxylation sites is 1. The Bertz CT molecular complexity index is 355. The summed E-state index contributed by atoms with van der Waals surface area (Å²) in [6, 6.07) is 5.88. The maximum absolute atomic E-state index is 6.10. The van der Waals surface area contributed by atoms with Crippen LogP contribution in [0.15, 0.2) is 18.2 Å². The second kappa shape index (κ2) is 3.74. The number of nitrogens with two attached hydrogens (primary N) is 1. The molecule has 0 unspecified atom stereocenters. The Kier molecular flexibility index (Phi) is 2.57. The van der Waals surface area contributed by atoms with E-state index in [-0.39, 0.29) is 0 Å². The average Bonchev–Trinajstić information content (AvgIpc) is 2.39. The van der Waals surface area contributed by atoms with Gasteiger partial charge in [0.15, 0.2) is 11.5 Å². The fourth-order valence-electron chi connectivity index (χ4n) is 1.70. The van der Waals surface area contributed by atoms with Gasteiger partial charge in [0.2, 0.25) is 0 Å². The van der Waals surface area contributed by atoms with E-state index in [2.05, 4.69) is 0 Å². The van der Waals surface area contributed by atoms with Crippen molar-refractivity contribution in [3.8, 4) is 11.5 Å². The van der Waals surface area contributed by atoms with Crippen LogP contribution in [0.5, 0.6) is 11.5 Å². The molecule has 0 radical (unpaired) electrons. The lowest BCUT2D eigenvalue weighted by molar-refractivity contribution is 0.294. The monoisotopic (exact) mass is 207 g/mol. The van der Waals surface area contributed by atoms with Crippen molar-refractivity contribution in [3.63, 3.8) is 0 Å². The molecule has 1 heterocycles. The summed E-state index contributed by atoms with van der Waals surface area (Å²) in [7, 11) is 0. The first-order chi connectivity index (χ1) is 7.09. The van der Waals surface area contributed by atoms with Crippen LogP contribution in [0.2, 0.25) is 0 Å². The minimum absolute atomic E-state index is 0.404. The van der Waals surface area contributed by atoms with Crippen LogP contribution in [0.25, 0.3) is 0 Å². The number of benzene rings is 1. The highest BCUT2D eigenvalue weighted by atomic mass is 16.5. The van der Waals surface area contributed by atoms with Crippen molar-refractivity contribution in [1.82, 2.24) is 0 Å². The van der Waals surface area contributed by atoms with Gasteiger partial charge in [-0.2, -0.15) is 0 Å². The third-order valence-electron chi connectivity index (χ3n) is 2.47. The molecule has 0 saturated carbocycles. The predicted octanol–water partition coefficient (Wildman–Crippen LogP) is 2.04. The van der Waals surface area contributed by atoms with E-state index in [1.807, 2.05) is 32.0 Å². The molecular formula is C12H17NO2. The highest BCUT2D eigenvalue weighted by Gasteiger charge is 2.23. The molecule has 82 valence electrons. The predicted molar refractivity (Wildman–Crippen MR) is 59.3 cm³/mol. The van der Waals surface area contributed by atoms with E-state index in [9.17, 15) is 0 Å². The Morgan fingerprint density at radius 2 is 1.93 bits per heavy atom. The fraction of sp³-hybridized carbons (Fsp3) is 0.500. The van der Waals surface area contributed by atoms with E-state index in [1.165, 1.54) is 0 Å². The molecule has 0 fully saturated rings. The Labute approximate surface area is 90.2 Å². The third-order valence-corrected chi connectivity index (χ3v) is 2.47. The Morgan fingerprint density at radius 3 is 2.67 bits per heavy atom. The number of hydrogen-bond acceptors (Lipinski definition) is 3. The zero-order chi connectivity index (χ0) is 10.9. The lowest BCUT2D eigenvalue weighted by Gasteiger charge is -2.23. The van der Waals surface area contributed by atoms with Crippen LogP contribution in [0, 0.1) is 0 Å². The van der Waals surface area contributed by atoms with Crippen molar-refractivity contribution in [2.24, 2.45) is 5.73 Å². The summed E-state index contributed by atoms with van der Waals surface area (Å²) < 4.78 is 11.3. The van der Waals surface area contributed by atoms with Gasteiger partial charge in [-0.25, -0.2) is 0 Å². The first-order valence-electron chi connectivity index (χ1n) is 5.27.